The predicted molar refractivity (Wildman–Crippen MR) is 60.5 cm³/mol. The van der Waals surface area contributed by atoms with Gasteiger partial charge in [0.2, 0.25) is 5.88 Å². The Morgan fingerprint density at radius 2 is 1.93 bits per heavy atom. The lowest BCUT2D eigenvalue weighted by molar-refractivity contribution is 0.312. The number of piperazine rings is 1. The summed E-state index contributed by atoms with van der Waals surface area (Å²) in [6.07, 6.45) is 1.88. The van der Waals surface area contributed by atoms with E-state index in [1.165, 1.54) is 5.69 Å². The van der Waals surface area contributed by atoms with E-state index < -0.39 is 0 Å². The molecule has 1 aliphatic rings. The van der Waals surface area contributed by atoms with Crippen LogP contribution in [0.1, 0.15) is 0 Å². The number of likely N-dealkylation sites (N-methyl/N-ethyl adjacent to an activating group) is 1. The van der Waals surface area contributed by atoms with Gasteiger partial charge in [0.15, 0.2) is 0 Å². The third-order valence-electron chi connectivity index (χ3n) is 2.80. The van der Waals surface area contributed by atoms with Crippen molar-refractivity contribution in [2.75, 3.05) is 45.2 Å². The Hall–Kier alpha value is -1.29. The molecule has 1 aliphatic heterocycles. The molecule has 15 heavy (non-hydrogen) atoms. The van der Waals surface area contributed by atoms with E-state index in [2.05, 4.69) is 27.9 Å². The predicted octanol–water partition coefficient (Wildman–Crippen LogP) is 0.842. The Morgan fingerprint density at radius 1 is 1.20 bits per heavy atom. The second-order valence-corrected chi connectivity index (χ2v) is 3.85. The fraction of sp³-hybridized carbons (Fsp3) is 0.545. The third kappa shape index (κ3) is 2.39. The van der Waals surface area contributed by atoms with Crippen LogP contribution in [0.25, 0.3) is 0 Å². The lowest BCUT2D eigenvalue weighted by atomic mass is 10.3. The Balaban J connectivity index is 2.03. The van der Waals surface area contributed by atoms with Crippen LogP contribution < -0.4 is 9.64 Å². The maximum atomic E-state index is 5.04. The van der Waals surface area contributed by atoms with Gasteiger partial charge in [-0.25, -0.2) is 4.98 Å². The summed E-state index contributed by atoms with van der Waals surface area (Å²) in [6.45, 7) is 4.38. The molecule has 1 saturated heterocycles. The van der Waals surface area contributed by atoms with Crippen LogP contribution in [0.4, 0.5) is 5.69 Å². The van der Waals surface area contributed by atoms with Crippen molar-refractivity contribution in [2.24, 2.45) is 0 Å². The fourth-order valence-corrected chi connectivity index (χ4v) is 1.74. The number of pyridine rings is 1. The van der Waals surface area contributed by atoms with Gasteiger partial charge in [-0.1, -0.05) is 0 Å². The molecule has 1 aromatic rings. The van der Waals surface area contributed by atoms with Crippen LogP contribution in [0.15, 0.2) is 18.3 Å². The van der Waals surface area contributed by atoms with Crippen molar-refractivity contribution < 1.29 is 4.74 Å². The molecular weight excluding hydrogens is 190 g/mol. The minimum Gasteiger partial charge on any atom is -0.481 e. The summed E-state index contributed by atoms with van der Waals surface area (Å²) in [4.78, 5) is 8.91. The summed E-state index contributed by atoms with van der Waals surface area (Å²) in [5.41, 5.74) is 1.18. The first-order chi connectivity index (χ1) is 7.29. The lowest BCUT2D eigenvalue weighted by Gasteiger charge is -2.33. The van der Waals surface area contributed by atoms with E-state index in [1.807, 2.05) is 12.3 Å². The molecule has 0 atom stereocenters. The van der Waals surface area contributed by atoms with Gasteiger partial charge in [0.1, 0.15) is 0 Å². The average molecular weight is 207 g/mol. The second-order valence-electron chi connectivity index (χ2n) is 3.85. The Bertz CT molecular complexity index is 304. The largest absolute Gasteiger partial charge is 0.481 e. The monoisotopic (exact) mass is 207 g/mol. The highest BCUT2D eigenvalue weighted by Gasteiger charge is 2.14. The first-order valence-electron chi connectivity index (χ1n) is 5.23. The first kappa shape index (κ1) is 10.2. The van der Waals surface area contributed by atoms with Gasteiger partial charge in [-0.15, -0.1) is 0 Å². The summed E-state index contributed by atoms with van der Waals surface area (Å²) in [7, 11) is 3.79. The second kappa shape index (κ2) is 4.49. The Kier molecular flexibility index (Phi) is 3.06. The molecule has 1 fully saturated rings. The number of methoxy groups -OCH3 is 1. The minimum absolute atomic E-state index is 0.674. The molecule has 0 aromatic carbocycles. The van der Waals surface area contributed by atoms with Crippen LogP contribution in [0.2, 0.25) is 0 Å². The normalized spacial score (nSPS) is 17.9. The first-order valence-corrected chi connectivity index (χ1v) is 5.23. The highest BCUT2D eigenvalue weighted by atomic mass is 16.5. The Morgan fingerprint density at radius 3 is 2.47 bits per heavy atom. The molecule has 4 nitrogen and oxygen atoms in total. The number of anilines is 1. The van der Waals surface area contributed by atoms with Crippen molar-refractivity contribution in [3.8, 4) is 5.88 Å². The van der Waals surface area contributed by atoms with Crippen molar-refractivity contribution in [3.05, 3.63) is 18.3 Å². The molecule has 0 N–H and O–H groups in total. The number of hydrogen-bond donors (Lipinski definition) is 0. The molecule has 2 rings (SSSR count). The zero-order valence-corrected chi connectivity index (χ0v) is 9.31. The lowest BCUT2D eigenvalue weighted by Crippen LogP contribution is -2.44. The van der Waals surface area contributed by atoms with Gasteiger partial charge < -0.3 is 14.5 Å². The summed E-state index contributed by atoms with van der Waals surface area (Å²) in [5, 5.41) is 0. The molecule has 4 heteroatoms. The van der Waals surface area contributed by atoms with Crippen molar-refractivity contribution in [2.45, 2.75) is 0 Å². The van der Waals surface area contributed by atoms with Crippen LogP contribution in [0.3, 0.4) is 0 Å². The third-order valence-corrected chi connectivity index (χ3v) is 2.80. The number of ether oxygens (including phenoxy) is 1. The van der Waals surface area contributed by atoms with Crippen LogP contribution >= 0.6 is 0 Å². The zero-order chi connectivity index (χ0) is 10.7. The Labute approximate surface area is 90.5 Å². The molecule has 0 spiro atoms. The molecule has 0 unspecified atom stereocenters. The summed E-state index contributed by atoms with van der Waals surface area (Å²) in [6, 6.07) is 3.98. The van der Waals surface area contributed by atoms with E-state index in [-0.39, 0.29) is 0 Å². The van der Waals surface area contributed by atoms with Gasteiger partial charge in [0, 0.05) is 32.2 Å². The number of hydrogen-bond acceptors (Lipinski definition) is 4. The minimum atomic E-state index is 0.674. The smallest absolute Gasteiger partial charge is 0.213 e. The van der Waals surface area contributed by atoms with E-state index in [9.17, 15) is 0 Å². The molecule has 2 heterocycles. The fourth-order valence-electron chi connectivity index (χ4n) is 1.74. The average Bonchev–Trinajstić information content (AvgIpc) is 2.30. The van der Waals surface area contributed by atoms with E-state index in [0.29, 0.717) is 5.88 Å². The van der Waals surface area contributed by atoms with Crippen LogP contribution in [-0.4, -0.2) is 50.2 Å². The molecule has 0 amide bonds. The van der Waals surface area contributed by atoms with Gasteiger partial charge in [0.25, 0.3) is 0 Å². The van der Waals surface area contributed by atoms with Crippen LogP contribution in [0.5, 0.6) is 5.88 Å². The standard InChI is InChI=1S/C11H17N3O/c1-13-5-7-14(8-6-13)10-3-4-11(15-2)12-9-10/h3-4,9H,5-8H2,1-2H3. The van der Waals surface area contributed by atoms with Crippen molar-refractivity contribution in [1.82, 2.24) is 9.88 Å². The van der Waals surface area contributed by atoms with E-state index in [0.717, 1.165) is 26.2 Å². The molecule has 1 aromatic heterocycles. The summed E-state index contributed by atoms with van der Waals surface area (Å²) in [5.74, 6) is 0.674. The van der Waals surface area contributed by atoms with Gasteiger partial charge in [-0.2, -0.15) is 0 Å². The highest BCUT2D eigenvalue weighted by molar-refractivity contribution is 5.45. The van der Waals surface area contributed by atoms with Crippen LogP contribution in [-0.2, 0) is 0 Å². The summed E-state index contributed by atoms with van der Waals surface area (Å²) < 4.78 is 5.04. The van der Waals surface area contributed by atoms with Gasteiger partial charge in [-0.05, 0) is 13.1 Å². The molecule has 0 radical (unpaired) electrons. The zero-order valence-electron chi connectivity index (χ0n) is 9.31. The molecule has 82 valence electrons. The molecule has 0 aliphatic carbocycles. The van der Waals surface area contributed by atoms with Gasteiger partial charge in [0.05, 0.1) is 19.0 Å². The van der Waals surface area contributed by atoms with Crippen molar-refractivity contribution in [3.63, 3.8) is 0 Å². The van der Waals surface area contributed by atoms with E-state index in [1.54, 1.807) is 7.11 Å². The molecule has 0 bridgehead atoms. The number of nitrogens with zero attached hydrogens (tertiary/aromatic N) is 3. The molecular formula is C11H17N3O. The van der Waals surface area contributed by atoms with Crippen molar-refractivity contribution in [1.29, 1.82) is 0 Å². The topological polar surface area (TPSA) is 28.6 Å². The van der Waals surface area contributed by atoms with E-state index in [4.69, 9.17) is 4.74 Å². The highest BCUT2D eigenvalue weighted by Crippen LogP contribution is 2.17. The molecule has 0 saturated carbocycles. The van der Waals surface area contributed by atoms with Gasteiger partial charge >= 0.3 is 0 Å². The summed E-state index contributed by atoms with van der Waals surface area (Å²) >= 11 is 0. The number of rotatable bonds is 2. The van der Waals surface area contributed by atoms with Crippen LogP contribution in [0, 0.1) is 0 Å². The van der Waals surface area contributed by atoms with Gasteiger partial charge in [-0.3, -0.25) is 0 Å². The maximum Gasteiger partial charge on any atom is 0.213 e. The SMILES string of the molecule is COc1ccc(N2CCN(C)CC2)cn1. The number of aromatic nitrogens is 1. The van der Waals surface area contributed by atoms with E-state index >= 15 is 0 Å². The quantitative estimate of drug-likeness (QED) is 0.718. The van der Waals surface area contributed by atoms with Crippen molar-refractivity contribution >= 4 is 5.69 Å². The maximum absolute atomic E-state index is 5.04.